The van der Waals surface area contributed by atoms with Gasteiger partial charge in [0, 0.05) is 13.1 Å². The number of carboxylic acid groups (broad SMARTS) is 2. The molecular weight excluding hydrogens is 270 g/mol. The second-order valence-electron chi connectivity index (χ2n) is 4.28. The molecule has 1 aromatic carbocycles. The molecule has 0 aliphatic heterocycles. The lowest BCUT2D eigenvalue weighted by molar-refractivity contribution is -0.140. The van der Waals surface area contributed by atoms with Gasteiger partial charge in [-0.15, -0.1) is 0 Å². The summed E-state index contributed by atoms with van der Waals surface area (Å²) in [6.45, 7) is 2.01. The Hall–Kier alpha value is -1.75. The number of hydrogen-bond donors (Lipinski definition) is 2. The monoisotopic (exact) mass is 285 g/mol. The summed E-state index contributed by atoms with van der Waals surface area (Å²) in [6.07, 6.45) is -0.0719. The lowest BCUT2D eigenvalue weighted by Crippen LogP contribution is -2.33. The number of benzene rings is 1. The van der Waals surface area contributed by atoms with Gasteiger partial charge in [-0.25, -0.2) is 0 Å². The molecule has 1 unspecified atom stereocenters. The van der Waals surface area contributed by atoms with E-state index in [1.165, 1.54) is 0 Å². The molecule has 0 aliphatic rings. The molecule has 19 heavy (non-hydrogen) atoms. The van der Waals surface area contributed by atoms with Crippen molar-refractivity contribution in [2.75, 3.05) is 18.0 Å². The number of halogens is 1. The Morgan fingerprint density at radius 1 is 1.32 bits per heavy atom. The quantitative estimate of drug-likeness (QED) is 0.804. The van der Waals surface area contributed by atoms with Crippen molar-refractivity contribution in [2.45, 2.75) is 13.3 Å². The summed E-state index contributed by atoms with van der Waals surface area (Å²) in [5.41, 5.74) is 0.651. The van der Waals surface area contributed by atoms with Crippen molar-refractivity contribution in [3.05, 3.63) is 29.3 Å². The number of carboxylic acids is 2. The van der Waals surface area contributed by atoms with E-state index in [-0.39, 0.29) is 19.5 Å². The van der Waals surface area contributed by atoms with Gasteiger partial charge in [0.15, 0.2) is 0 Å². The third-order valence-electron chi connectivity index (χ3n) is 2.70. The van der Waals surface area contributed by atoms with Gasteiger partial charge in [-0.2, -0.15) is 0 Å². The molecule has 104 valence electrons. The van der Waals surface area contributed by atoms with E-state index in [4.69, 9.17) is 21.8 Å². The fourth-order valence-corrected chi connectivity index (χ4v) is 1.91. The summed E-state index contributed by atoms with van der Waals surface area (Å²) in [5.74, 6) is -2.46. The molecule has 1 aromatic rings. The Bertz CT molecular complexity index is 464. The van der Waals surface area contributed by atoms with Crippen LogP contribution < -0.4 is 4.90 Å². The zero-order chi connectivity index (χ0) is 14.4. The number of hydrogen-bond acceptors (Lipinski definition) is 3. The van der Waals surface area contributed by atoms with Crippen LogP contribution in [0.15, 0.2) is 24.3 Å². The van der Waals surface area contributed by atoms with Crippen LogP contribution in [0.5, 0.6) is 0 Å². The van der Waals surface area contributed by atoms with Crippen LogP contribution in [0.2, 0.25) is 5.02 Å². The van der Waals surface area contributed by atoms with Crippen LogP contribution in [0.25, 0.3) is 0 Å². The minimum Gasteiger partial charge on any atom is -0.481 e. The van der Waals surface area contributed by atoms with E-state index in [9.17, 15) is 9.59 Å². The van der Waals surface area contributed by atoms with Gasteiger partial charge in [-0.05, 0) is 12.1 Å². The molecule has 0 bridgehead atoms. The zero-order valence-corrected chi connectivity index (χ0v) is 11.3. The summed E-state index contributed by atoms with van der Waals surface area (Å²) in [6, 6.07) is 6.98. The third kappa shape index (κ3) is 4.79. The molecule has 0 spiro atoms. The Labute approximate surface area is 116 Å². The molecule has 0 aliphatic carbocycles. The number of anilines is 1. The molecule has 0 amide bonds. The number of carbonyl (C=O) groups is 2. The van der Waals surface area contributed by atoms with E-state index < -0.39 is 17.9 Å². The largest absolute Gasteiger partial charge is 0.481 e. The van der Waals surface area contributed by atoms with E-state index in [0.717, 1.165) is 0 Å². The van der Waals surface area contributed by atoms with Crippen molar-refractivity contribution in [2.24, 2.45) is 5.92 Å². The van der Waals surface area contributed by atoms with Gasteiger partial charge in [-0.3, -0.25) is 9.59 Å². The summed E-state index contributed by atoms with van der Waals surface area (Å²) < 4.78 is 0. The second-order valence-corrected chi connectivity index (χ2v) is 4.69. The molecule has 0 saturated heterocycles. The maximum atomic E-state index is 10.9. The molecule has 2 N–H and O–H groups in total. The fraction of sp³-hybridized carbons (Fsp3) is 0.385. The number of para-hydroxylation sites is 1. The average molecular weight is 286 g/mol. The van der Waals surface area contributed by atoms with Crippen LogP contribution in [0.4, 0.5) is 5.69 Å². The van der Waals surface area contributed by atoms with Crippen LogP contribution in [-0.2, 0) is 9.59 Å². The standard InChI is InChI=1S/C13H16ClNO4/c1-9(13(18)19)8-15(7-6-12(16)17)11-5-3-2-4-10(11)14/h2-5,9H,6-8H2,1H3,(H,16,17)(H,18,19). The lowest BCUT2D eigenvalue weighted by Gasteiger charge is -2.26. The van der Waals surface area contributed by atoms with Gasteiger partial charge in [0.2, 0.25) is 0 Å². The minimum atomic E-state index is -0.931. The predicted molar refractivity (Wildman–Crippen MR) is 72.7 cm³/mol. The molecule has 0 radical (unpaired) electrons. The van der Waals surface area contributed by atoms with Crippen LogP contribution in [-0.4, -0.2) is 35.2 Å². The van der Waals surface area contributed by atoms with Crippen LogP contribution in [0.1, 0.15) is 13.3 Å². The first kappa shape index (κ1) is 15.3. The third-order valence-corrected chi connectivity index (χ3v) is 3.02. The van der Waals surface area contributed by atoms with Crippen molar-refractivity contribution in [1.29, 1.82) is 0 Å². The maximum Gasteiger partial charge on any atom is 0.308 e. The van der Waals surface area contributed by atoms with Crippen LogP contribution >= 0.6 is 11.6 Å². The smallest absolute Gasteiger partial charge is 0.308 e. The molecule has 0 fully saturated rings. The summed E-state index contributed by atoms with van der Waals surface area (Å²) in [4.78, 5) is 23.3. The number of aliphatic carboxylic acids is 2. The van der Waals surface area contributed by atoms with E-state index in [1.807, 2.05) is 0 Å². The van der Waals surface area contributed by atoms with Gasteiger partial charge >= 0.3 is 11.9 Å². The van der Waals surface area contributed by atoms with E-state index in [0.29, 0.717) is 10.7 Å². The van der Waals surface area contributed by atoms with Crippen LogP contribution in [0.3, 0.4) is 0 Å². The number of nitrogens with zero attached hydrogens (tertiary/aromatic N) is 1. The first-order valence-corrected chi connectivity index (χ1v) is 6.23. The average Bonchev–Trinajstić information content (AvgIpc) is 2.34. The number of rotatable bonds is 7. The van der Waals surface area contributed by atoms with Gasteiger partial charge in [0.25, 0.3) is 0 Å². The molecule has 0 heterocycles. The highest BCUT2D eigenvalue weighted by molar-refractivity contribution is 6.33. The fourth-order valence-electron chi connectivity index (χ4n) is 1.66. The van der Waals surface area contributed by atoms with Crippen molar-refractivity contribution in [1.82, 2.24) is 0 Å². The van der Waals surface area contributed by atoms with Gasteiger partial charge in [0.05, 0.1) is 23.0 Å². The highest BCUT2D eigenvalue weighted by atomic mass is 35.5. The van der Waals surface area contributed by atoms with E-state index >= 15 is 0 Å². The minimum absolute atomic E-state index is 0.0719. The molecule has 5 nitrogen and oxygen atoms in total. The van der Waals surface area contributed by atoms with Gasteiger partial charge < -0.3 is 15.1 Å². The molecule has 6 heteroatoms. The van der Waals surface area contributed by atoms with E-state index in [1.54, 1.807) is 36.1 Å². The Kier molecular flexibility index (Phi) is 5.63. The molecule has 0 aromatic heterocycles. The lowest BCUT2D eigenvalue weighted by atomic mass is 10.1. The van der Waals surface area contributed by atoms with Crippen molar-refractivity contribution >= 4 is 29.2 Å². The normalized spacial score (nSPS) is 11.9. The van der Waals surface area contributed by atoms with Crippen molar-refractivity contribution < 1.29 is 19.8 Å². The van der Waals surface area contributed by atoms with Crippen molar-refractivity contribution in [3.63, 3.8) is 0 Å². The SMILES string of the molecule is CC(CN(CCC(=O)O)c1ccccc1Cl)C(=O)O. The first-order chi connectivity index (χ1) is 8.91. The Balaban J connectivity index is 2.88. The van der Waals surface area contributed by atoms with E-state index in [2.05, 4.69) is 0 Å². The van der Waals surface area contributed by atoms with Crippen molar-refractivity contribution in [3.8, 4) is 0 Å². The highest BCUT2D eigenvalue weighted by Crippen LogP contribution is 2.26. The summed E-state index contributed by atoms with van der Waals surface area (Å²) in [5, 5.41) is 18.2. The molecule has 1 rings (SSSR count). The van der Waals surface area contributed by atoms with Gasteiger partial charge in [0.1, 0.15) is 0 Å². The Morgan fingerprint density at radius 2 is 1.95 bits per heavy atom. The molecular formula is C13H16ClNO4. The van der Waals surface area contributed by atoms with Crippen LogP contribution in [0, 0.1) is 5.92 Å². The molecule has 0 saturated carbocycles. The molecule has 1 atom stereocenters. The maximum absolute atomic E-state index is 10.9. The first-order valence-electron chi connectivity index (χ1n) is 5.86. The highest BCUT2D eigenvalue weighted by Gasteiger charge is 2.18. The summed E-state index contributed by atoms with van der Waals surface area (Å²) in [7, 11) is 0. The summed E-state index contributed by atoms with van der Waals surface area (Å²) >= 11 is 6.06. The second kappa shape index (κ2) is 6.99. The zero-order valence-electron chi connectivity index (χ0n) is 10.5. The topological polar surface area (TPSA) is 77.8 Å². The predicted octanol–water partition coefficient (Wildman–Crippen LogP) is 2.34. The van der Waals surface area contributed by atoms with Gasteiger partial charge in [-0.1, -0.05) is 30.7 Å². The Morgan fingerprint density at radius 3 is 2.47 bits per heavy atom.